The van der Waals surface area contributed by atoms with Crippen LogP contribution in [0.1, 0.15) is 0 Å². The van der Waals surface area contributed by atoms with Crippen LogP contribution in [0.5, 0.6) is 0 Å². The van der Waals surface area contributed by atoms with Gasteiger partial charge in [0.15, 0.2) is 0 Å². The van der Waals surface area contributed by atoms with Gasteiger partial charge in [0.05, 0.1) is 11.0 Å². The molecule has 0 aliphatic carbocycles. The zero-order chi connectivity index (χ0) is 21.9. The second kappa shape index (κ2) is 6.85. The van der Waals surface area contributed by atoms with E-state index in [9.17, 15) is 0 Å². The van der Waals surface area contributed by atoms with Crippen LogP contribution in [0.4, 0.5) is 0 Å². The number of benzene rings is 5. The lowest BCUT2D eigenvalue weighted by atomic mass is 10.0. The van der Waals surface area contributed by atoms with Crippen LogP contribution in [0.3, 0.4) is 0 Å². The molecule has 0 spiro atoms. The van der Waals surface area contributed by atoms with Gasteiger partial charge >= 0.3 is 0 Å². The van der Waals surface area contributed by atoms with Crippen molar-refractivity contribution in [1.82, 2.24) is 9.13 Å². The van der Waals surface area contributed by atoms with Crippen LogP contribution < -0.4 is 0 Å². The number of rotatable bonds is 2. The highest BCUT2D eigenvalue weighted by Crippen LogP contribution is 2.36. The Hall–Kier alpha value is -4.30. The van der Waals surface area contributed by atoms with Gasteiger partial charge in [0.1, 0.15) is 0 Å². The van der Waals surface area contributed by atoms with Crippen molar-refractivity contribution in [3.63, 3.8) is 0 Å². The van der Waals surface area contributed by atoms with E-state index in [1.54, 1.807) is 0 Å². The smallest absolute Gasteiger partial charge is 0.0541 e. The van der Waals surface area contributed by atoms with Crippen molar-refractivity contribution < 1.29 is 0 Å². The van der Waals surface area contributed by atoms with Crippen molar-refractivity contribution in [3.8, 4) is 16.8 Å². The molecule has 2 aromatic heterocycles. The van der Waals surface area contributed by atoms with E-state index in [1.807, 2.05) is 0 Å². The number of hydrogen-bond donors (Lipinski definition) is 0. The van der Waals surface area contributed by atoms with Gasteiger partial charge in [-0.1, -0.05) is 78.9 Å². The summed E-state index contributed by atoms with van der Waals surface area (Å²) in [5.41, 5.74) is 8.67. The molecule has 7 aromatic rings. The Kier molecular flexibility index (Phi) is 3.80. The van der Waals surface area contributed by atoms with Gasteiger partial charge in [0, 0.05) is 45.3 Å². The van der Waals surface area contributed by atoms with Crippen LogP contribution in [0.2, 0.25) is 0 Å². The number of aryl methyl sites for hydroxylation is 1. The summed E-state index contributed by atoms with van der Waals surface area (Å²) >= 11 is 0. The first kappa shape index (κ1) is 18.3. The summed E-state index contributed by atoms with van der Waals surface area (Å²) in [6, 6.07) is 41.6. The maximum Gasteiger partial charge on any atom is 0.0541 e. The largest absolute Gasteiger partial charge is 0.344 e. The molecule has 0 radical (unpaired) electrons. The second-order valence-corrected chi connectivity index (χ2v) is 8.73. The van der Waals surface area contributed by atoms with Gasteiger partial charge in [-0.25, -0.2) is 0 Å². The van der Waals surface area contributed by atoms with Gasteiger partial charge in [0.25, 0.3) is 0 Å². The van der Waals surface area contributed by atoms with Crippen LogP contribution in [-0.4, -0.2) is 9.13 Å². The van der Waals surface area contributed by atoms with Crippen LogP contribution in [0.25, 0.3) is 60.4 Å². The molecule has 0 bridgehead atoms. The highest BCUT2D eigenvalue weighted by molar-refractivity contribution is 6.12. The molecule has 156 valence electrons. The van der Waals surface area contributed by atoms with Gasteiger partial charge in [-0.3, -0.25) is 0 Å². The molecule has 0 aliphatic rings. The zero-order valence-corrected chi connectivity index (χ0v) is 18.4. The van der Waals surface area contributed by atoms with Crippen molar-refractivity contribution in [1.29, 1.82) is 0 Å². The van der Waals surface area contributed by atoms with Crippen LogP contribution >= 0.6 is 0 Å². The molecule has 0 aliphatic heterocycles. The molecular weight excluding hydrogens is 400 g/mol. The lowest BCUT2D eigenvalue weighted by Gasteiger charge is -2.08. The third-order valence-corrected chi connectivity index (χ3v) is 6.94. The Balaban J connectivity index is 1.50. The molecule has 0 saturated heterocycles. The fraction of sp³-hybridized carbons (Fsp3) is 0.0323. The van der Waals surface area contributed by atoms with Crippen LogP contribution in [-0.2, 0) is 7.05 Å². The summed E-state index contributed by atoms with van der Waals surface area (Å²) in [6.45, 7) is 0. The van der Waals surface area contributed by atoms with E-state index in [-0.39, 0.29) is 0 Å². The lowest BCUT2D eigenvalue weighted by molar-refractivity contribution is 1.01. The van der Waals surface area contributed by atoms with E-state index in [2.05, 4.69) is 131 Å². The minimum atomic E-state index is 1.19. The third-order valence-electron chi connectivity index (χ3n) is 6.94. The molecule has 2 nitrogen and oxygen atoms in total. The Labute approximate surface area is 191 Å². The molecule has 7 rings (SSSR count). The maximum absolute atomic E-state index is 2.39. The summed E-state index contributed by atoms with van der Waals surface area (Å²) in [6.07, 6.45) is 0. The molecule has 0 N–H and O–H groups in total. The molecule has 0 unspecified atom stereocenters. The van der Waals surface area contributed by atoms with Crippen molar-refractivity contribution in [3.05, 3.63) is 115 Å². The Bertz CT molecular complexity index is 1760. The summed E-state index contributed by atoms with van der Waals surface area (Å²) in [7, 11) is 2.17. The first-order valence-electron chi connectivity index (χ1n) is 11.4. The lowest BCUT2D eigenvalue weighted by Crippen LogP contribution is -1.94. The average Bonchev–Trinajstić information content (AvgIpc) is 3.36. The van der Waals surface area contributed by atoms with E-state index in [1.165, 1.54) is 60.4 Å². The number of hydrogen-bond acceptors (Lipinski definition) is 0. The highest BCUT2D eigenvalue weighted by Gasteiger charge is 2.14. The molecular formula is C31H22N2. The van der Waals surface area contributed by atoms with E-state index < -0.39 is 0 Å². The van der Waals surface area contributed by atoms with E-state index in [0.29, 0.717) is 0 Å². The second-order valence-electron chi connectivity index (χ2n) is 8.73. The van der Waals surface area contributed by atoms with Gasteiger partial charge < -0.3 is 9.13 Å². The van der Waals surface area contributed by atoms with Crippen molar-refractivity contribution >= 4 is 43.6 Å². The number of nitrogens with zero attached hydrogens (tertiary/aromatic N) is 2. The van der Waals surface area contributed by atoms with Crippen molar-refractivity contribution in [2.24, 2.45) is 7.05 Å². The molecule has 0 atom stereocenters. The van der Waals surface area contributed by atoms with Crippen molar-refractivity contribution in [2.75, 3.05) is 0 Å². The molecule has 0 fully saturated rings. The fourth-order valence-electron chi connectivity index (χ4n) is 5.35. The minimum absolute atomic E-state index is 1.19. The first-order valence-corrected chi connectivity index (χ1v) is 11.4. The molecule has 0 amide bonds. The summed E-state index contributed by atoms with van der Waals surface area (Å²) < 4.78 is 4.70. The highest BCUT2D eigenvalue weighted by atomic mass is 15.0. The van der Waals surface area contributed by atoms with Crippen molar-refractivity contribution in [2.45, 2.75) is 0 Å². The predicted molar refractivity (Wildman–Crippen MR) is 140 cm³/mol. The van der Waals surface area contributed by atoms with E-state index in [4.69, 9.17) is 0 Å². The number of fused-ring (bicyclic) bond motifs is 6. The summed E-state index contributed by atoms with van der Waals surface area (Å²) in [4.78, 5) is 0. The molecule has 33 heavy (non-hydrogen) atoms. The molecule has 0 saturated carbocycles. The normalized spacial score (nSPS) is 11.8. The predicted octanol–water partition coefficient (Wildman–Crippen LogP) is 8.10. The SMILES string of the molecule is Cn1c2ccc(-n3c4ccccc4c4ccccc43)cc2c2ccc(-c3ccccc3)cc21. The Morgan fingerprint density at radius 1 is 0.424 bits per heavy atom. The zero-order valence-electron chi connectivity index (χ0n) is 18.4. The molecule has 2 heteroatoms. The number of aromatic nitrogens is 2. The molecule has 2 heterocycles. The fourth-order valence-corrected chi connectivity index (χ4v) is 5.35. The minimum Gasteiger partial charge on any atom is -0.344 e. The quantitative estimate of drug-likeness (QED) is 0.266. The van der Waals surface area contributed by atoms with Gasteiger partial charge in [-0.15, -0.1) is 0 Å². The standard InChI is InChI=1S/C31H22N2/c1-32-28-18-16-23(33-29-13-7-5-11-24(29)25-12-6-8-14-30(25)33)20-27(28)26-17-15-22(19-31(26)32)21-9-3-2-4-10-21/h2-20H,1H3. The summed E-state index contributed by atoms with van der Waals surface area (Å²) in [5, 5.41) is 5.15. The van der Waals surface area contributed by atoms with Gasteiger partial charge in [-0.05, 0) is 47.5 Å². The van der Waals surface area contributed by atoms with E-state index >= 15 is 0 Å². The Morgan fingerprint density at radius 2 is 1.06 bits per heavy atom. The Morgan fingerprint density at radius 3 is 1.79 bits per heavy atom. The summed E-state index contributed by atoms with van der Waals surface area (Å²) in [5.74, 6) is 0. The topological polar surface area (TPSA) is 9.86 Å². The maximum atomic E-state index is 2.39. The van der Waals surface area contributed by atoms with Gasteiger partial charge in [-0.2, -0.15) is 0 Å². The third kappa shape index (κ3) is 2.61. The molecule has 5 aromatic carbocycles. The van der Waals surface area contributed by atoms with E-state index in [0.717, 1.165) is 0 Å². The van der Waals surface area contributed by atoms with Crippen LogP contribution in [0.15, 0.2) is 115 Å². The monoisotopic (exact) mass is 422 g/mol. The average molecular weight is 423 g/mol. The number of para-hydroxylation sites is 2. The first-order chi connectivity index (χ1) is 16.3. The van der Waals surface area contributed by atoms with Gasteiger partial charge in [0.2, 0.25) is 0 Å². The van der Waals surface area contributed by atoms with Crippen LogP contribution in [0, 0.1) is 0 Å².